The van der Waals surface area contributed by atoms with Crippen LogP contribution in [0.15, 0.2) is 36.5 Å². The molecule has 0 aliphatic rings. The number of hydrogen-bond acceptors (Lipinski definition) is 6. The van der Waals surface area contributed by atoms with Crippen LogP contribution in [0.2, 0.25) is 0 Å². The van der Waals surface area contributed by atoms with Gasteiger partial charge >= 0.3 is 0 Å². The first-order valence-electron chi connectivity index (χ1n) is 8.04. The highest BCUT2D eigenvalue weighted by Gasteiger charge is 2.15. The van der Waals surface area contributed by atoms with E-state index in [0.717, 1.165) is 5.39 Å². The molecule has 2 amide bonds. The number of rotatable bonds is 5. The highest BCUT2D eigenvalue weighted by atomic mass is 127. The van der Waals surface area contributed by atoms with Gasteiger partial charge in [-0.3, -0.25) is 22.5 Å². The summed E-state index contributed by atoms with van der Waals surface area (Å²) in [7, 11) is 0. The minimum absolute atomic E-state index is 0.126. The number of nitrogens with zero attached hydrogens (tertiary/aromatic N) is 3. The molecule has 0 saturated heterocycles. The van der Waals surface area contributed by atoms with Crippen LogP contribution >= 0.6 is 22.9 Å². The Balaban J connectivity index is 1.82. The number of hydrogen-bond donors (Lipinski definition) is 2. The second-order valence-corrected chi connectivity index (χ2v) is 7.04. The first kappa shape index (κ1) is 19.0. The number of Topliss-reactive ketones (excluding diaryl/α,β-unsaturated/α-hetero) is 1. The van der Waals surface area contributed by atoms with Gasteiger partial charge in [-0.05, 0) is 24.3 Å². The number of anilines is 1. The van der Waals surface area contributed by atoms with E-state index in [-0.39, 0.29) is 30.5 Å². The van der Waals surface area contributed by atoms with Crippen molar-refractivity contribution in [1.82, 2.24) is 18.4 Å². The van der Waals surface area contributed by atoms with E-state index in [0.29, 0.717) is 22.1 Å². The van der Waals surface area contributed by atoms with Crippen LogP contribution in [0.5, 0.6) is 0 Å². The first-order chi connectivity index (χ1) is 12.9. The van der Waals surface area contributed by atoms with Crippen molar-refractivity contribution in [2.75, 3.05) is 18.8 Å². The van der Waals surface area contributed by atoms with Gasteiger partial charge in [-0.1, -0.05) is 6.07 Å². The lowest BCUT2D eigenvalue weighted by Crippen LogP contribution is -2.37. The molecule has 3 rings (SSSR count). The largest absolute Gasteiger partial charge is 0.398 e. The molecular formula is C18H16IN5O3. The van der Waals surface area contributed by atoms with Crippen LogP contribution in [-0.4, -0.2) is 43.8 Å². The van der Waals surface area contributed by atoms with Crippen molar-refractivity contribution in [3.8, 4) is 0 Å². The Morgan fingerprint density at radius 2 is 2.00 bits per heavy atom. The summed E-state index contributed by atoms with van der Waals surface area (Å²) in [6.45, 7) is 1.01. The van der Waals surface area contributed by atoms with Crippen LogP contribution in [0, 0.1) is 0 Å². The van der Waals surface area contributed by atoms with E-state index in [1.165, 1.54) is 10.0 Å². The molecule has 0 aliphatic carbocycles. The van der Waals surface area contributed by atoms with Crippen molar-refractivity contribution in [2.24, 2.45) is 0 Å². The molecule has 0 fully saturated rings. The molecule has 3 N–H and O–H groups in total. The Kier molecular flexibility index (Phi) is 5.49. The number of amides is 2. The van der Waals surface area contributed by atoms with Gasteiger partial charge in [0.1, 0.15) is 12.2 Å². The predicted octanol–water partition coefficient (Wildman–Crippen LogP) is 1.86. The summed E-state index contributed by atoms with van der Waals surface area (Å²) in [4.78, 5) is 44.1. The summed E-state index contributed by atoms with van der Waals surface area (Å²) in [6, 6.07) is 8.79. The number of carbonyl (C=O) groups excluding carboxylic acids is 3. The van der Waals surface area contributed by atoms with E-state index in [2.05, 4.69) is 15.3 Å². The Bertz CT molecular complexity index is 1070. The van der Waals surface area contributed by atoms with Gasteiger partial charge in [0.25, 0.3) is 0 Å². The summed E-state index contributed by atoms with van der Waals surface area (Å²) in [5, 5.41) is 4.04. The van der Waals surface area contributed by atoms with Crippen molar-refractivity contribution in [3.05, 3.63) is 42.2 Å². The Labute approximate surface area is 168 Å². The monoisotopic (exact) mass is 477 g/mol. The van der Waals surface area contributed by atoms with Crippen molar-refractivity contribution in [2.45, 2.75) is 6.92 Å². The van der Waals surface area contributed by atoms with Gasteiger partial charge in [0.15, 0.2) is 5.78 Å². The van der Waals surface area contributed by atoms with Crippen LogP contribution in [0.25, 0.3) is 21.8 Å². The van der Waals surface area contributed by atoms with Crippen molar-refractivity contribution < 1.29 is 14.4 Å². The molecular weight excluding hydrogens is 461 g/mol. The average molecular weight is 477 g/mol. The standard InChI is InChI=1S/C18H16IN5O3/c1-10(25)24(19)9-16(27)22-8-15(26)14-5-4-12-13(20)7-11-3-2-6-21-17(11)18(12)23-14/h2-7H,8-9,20H2,1H3,(H,22,27). The van der Waals surface area contributed by atoms with Gasteiger partial charge in [0.05, 0.1) is 40.4 Å². The topological polar surface area (TPSA) is 118 Å². The number of halogens is 1. The van der Waals surface area contributed by atoms with Crippen LogP contribution < -0.4 is 11.1 Å². The molecule has 0 saturated carbocycles. The minimum Gasteiger partial charge on any atom is -0.398 e. The van der Waals surface area contributed by atoms with E-state index in [9.17, 15) is 14.4 Å². The van der Waals surface area contributed by atoms with Gasteiger partial charge in [-0.2, -0.15) is 0 Å². The minimum atomic E-state index is -0.426. The summed E-state index contributed by atoms with van der Waals surface area (Å²) in [6.07, 6.45) is 1.65. The third-order valence-electron chi connectivity index (χ3n) is 3.94. The van der Waals surface area contributed by atoms with E-state index in [1.54, 1.807) is 47.3 Å². The highest BCUT2D eigenvalue weighted by molar-refractivity contribution is 14.1. The number of nitrogens with one attached hydrogen (secondary N) is 1. The van der Waals surface area contributed by atoms with E-state index >= 15 is 0 Å². The molecule has 8 nitrogen and oxygen atoms in total. The summed E-state index contributed by atoms with van der Waals surface area (Å²) >= 11 is 1.74. The van der Waals surface area contributed by atoms with Gasteiger partial charge in [-0.25, -0.2) is 4.98 Å². The Morgan fingerprint density at radius 3 is 2.74 bits per heavy atom. The number of ketones is 1. The molecule has 2 aromatic heterocycles. The first-order valence-corrected chi connectivity index (χ1v) is 9.01. The number of nitrogens with two attached hydrogens (primary N) is 1. The molecule has 138 valence electrons. The summed E-state index contributed by atoms with van der Waals surface area (Å²) in [5.74, 6) is -1.02. The fraction of sp³-hybridized carbons (Fsp3) is 0.167. The number of carbonyl (C=O) groups is 3. The highest BCUT2D eigenvalue weighted by Crippen LogP contribution is 2.27. The zero-order valence-corrected chi connectivity index (χ0v) is 16.6. The number of aromatic nitrogens is 2. The SMILES string of the molecule is CC(=O)N(I)CC(=O)NCC(=O)c1ccc2c(N)cc3cccnc3c2n1. The summed E-state index contributed by atoms with van der Waals surface area (Å²) in [5.41, 5.74) is 8.03. The molecule has 1 aromatic carbocycles. The number of benzene rings is 1. The van der Waals surface area contributed by atoms with Crippen molar-refractivity contribution in [1.29, 1.82) is 0 Å². The Hall–Kier alpha value is -2.82. The maximum Gasteiger partial charge on any atom is 0.240 e. The number of pyridine rings is 2. The molecule has 0 aliphatic heterocycles. The maximum absolute atomic E-state index is 12.4. The fourth-order valence-corrected chi connectivity index (χ4v) is 2.88. The third-order valence-corrected chi connectivity index (χ3v) is 4.96. The zero-order chi connectivity index (χ0) is 19.6. The molecule has 27 heavy (non-hydrogen) atoms. The Morgan fingerprint density at radius 1 is 1.22 bits per heavy atom. The lowest BCUT2D eigenvalue weighted by molar-refractivity contribution is -0.128. The van der Waals surface area contributed by atoms with E-state index in [1.807, 2.05) is 12.1 Å². The second kappa shape index (κ2) is 7.82. The molecule has 0 unspecified atom stereocenters. The lowest BCUT2D eigenvalue weighted by atomic mass is 10.1. The lowest BCUT2D eigenvalue weighted by Gasteiger charge is -2.12. The van der Waals surface area contributed by atoms with Gasteiger partial charge in [0.2, 0.25) is 11.8 Å². The third kappa shape index (κ3) is 4.13. The van der Waals surface area contributed by atoms with E-state index < -0.39 is 5.91 Å². The predicted molar refractivity (Wildman–Crippen MR) is 110 cm³/mol. The van der Waals surface area contributed by atoms with E-state index in [4.69, 9.17) is 5.73 Å². The smallest absolute Gasteiger partial charge is 0.240 e. The molecule has 3 aromatic rings. The second-order valence-electron chi connectivity index (χ2n) is 5.87. The molecule has 0 spiro atoms. The number of fused-ring (bicyclic) bond motifs is 3. The molecule has 0 atom stereocenters. The molecule has 0 bridgehead atoms. The molecule has 9 heteroatoms. The number of nitrogen functional groups attached to an aromatic ring is 1. The van der Waals surface area contributed by atoms with Crippen LogP contribution in [0.3, 0.4) is 0 Å². The van der Waals surface area contributed by atoms with Gasteiger partial charge in [-0.15, -0.1) is 0 Å². The zero-order valence-electron chi connectivity index (χ0n) is 14.4. The summed E-state index contributed by atoms with van der Waals surface area (Å²) < 4.78 is 1.23. The maximum atomic E-state index is 12.4. The average Bonchev–Trinajstić information content (AvgIpc) is 2.65. The van der Waals surface area contributed by atoms with Gasteiger partial charge < -0.3 is 11.1 Å². The fourth-order valence-electron chi connectivity index (χ4n) is 2.57. The normalized spacial score (nSPS) is 10.7. The van der Waals surface area contributed by atoms with Gasteiger partial charge in [0, 0.05) is 29.6 Å². The molecule has 0 radical (unpaired) electrons. The van der Waals surface area contributed by atoms with Crippen LogP contribution in [0.1, 0.15) is 17.4 Å². The van der Waals surface area contributed by atoms with Crippen LogP contribution in [-0.2, 0) is 9.59 Å². The van der Waals surface area contributed by atoms with Crippen LogP contribution in [0.4, 0.5) is 5.69 Å². The van der Waals surface area contributed by atoms with Crippen molar-refractivity contribution in [3.63, 3.8) is 0 Å². The van der Waals surface area contributed by atoms with Crippen molar-refractivity contribution >= 4 is 68.0 Å². The quantitative estimate of drug-likeness (QED) is 0.191. The molecule has 2 heterocycles.